The lowest BCUT2D eigenvalue weighted by Crippen LogP contribution is -2.16. The van der Waals surface area contributed by atoms with Crippen LogP contribution in [0, 0.1) is 0 Å². The van der Waals surface area contributed by atoms with E-state index in [9.17, 15) is 0 Å². The van der Waals surface area contributed by atoms with Crippen LogP contribution in [0.3, 0.4) is 0 Å². The second-order valence-corrected chi connectivity index (χ2v) is 4.82. The molecule has 0 bridgehead atoms. The van der Waals surface area contributed by atoms with E-state index < -0.39 is 0 Å². The lowest BCUT2D eigenvalue weighted by atomic mass is 10.0. The second kappa shape index (κ2) is 5.80. The van der Waals surface area contributed by atoms with Gasteiger partial charge in [0.1, 0.15) is 5.82 Å². The van der Waals surface area contributed by atoms with Crippen LogP contribution in [0.25, 0.3) is 11.3 Å². The molecule has 0 aliphatic rings. The van der Waals surface area contributed by atoms with Crippen LogP contribution in [0.15, 0.2) is 36.4 Å². The van der Waals surface area contributed by atoms with Gasteiger partial charge in [0, 0.05) is 18.7 Å². The van der Waals surface area contributed by atoms with Gasteiger partial charge in [0.25, 0.3) is 0 Å². The first-order valence-corrected chi connectivity index (χ1v) is 6.40. The van der Waals surface area contributed by atoms with Crippen LogP contribution in [0.4, 0.5) is 5.82 Å². The molecule has 1 heterocycles. The molecule has 4 nitrogen and oxygen atoms in total. The fourth-order valence-corrected chi connectivity index (χ4v) is 1.85. The molecule has 0 unspecified atom stereocenters. The molecular formula is C15H20N4. The third kappa shape index (κ3) is 3.09. The molecule has 0 saturated carbocycles. The van der Waals surface area contributed by atoms with Crippen LogP contribution < -0.4 is 5.32 Å². The van der Waals surface area contributed by atoms with Crippen molar-refractivity contribution in [3.8, 4) is 11.3 Å². The van der Waals surface area contributed by atoms with Crippen molar-refractivity contribution in [3.63, 3.8) is 0 Å². The molecule has 0 aliphatic heterocycles. The number of rotatable bonds is 4. The maximum atomic E-state index is 4.21. The first-order chi connectivity index (χ1) is 9.11. The quantitative estimate of drug-likeness (QED) is 0.913. The Bertz CT molecular complexity index is 517. The van der Waals surface area contributed by atoms with E-state index in [4.69, 9.17) is 0 Å². The molecule has 0 radical (unpaired) electrons. The Hall–Kier alpha value is -1.94. The second-order valence-electron chi connectivity index (χ2n) is 4.82. The van der Waals surface area contributed by atoms with Crippen molar-refractivity contribution in [2.75, 3.05) is 26.5 Å². The number of anilines is 1. The lowest BCUT2D eigenvalue weighted by molar-refractivity contribution is 0.321. The molecule has 4 heteroatoms. The molecule has 2 rings (SSSR count). The average molecular weight is 256 g/mol. The highest BCUT2D eigenvalue weighted by atomic mass is 15.2. The Morgan fingerprint density at radius 3 is 2.16 bits per heavy atom. The van der Waals surface area contributed by atoms with Gasteiger partial charge >= 0.3 is 0 Å². The van der Waals surface area contributed by atoms with E-state index >= 15 is 0 Å². The molecule has 100 valence electrons. The van der Waals surface area contributed by atoms with Crippen molar-refractivity contribution < 1.29 is 0 Å². The van der Waals surface area contributed by atoms with Gasteiger partial charge in [-0.05, 0) is 38.7 Å². The third-order valence-corrected chi connectivity index (χ3v) is 3.38. The zero-order valence-electron chi connectivity index (χ0n) is 11.9. The zero-order chi connectivity index (χ0) is 13.8. The summed E-state index contributed by atoms with van der Waals surface area (Å²) in [5.74, 6) is 0.779. The Balaban J connectivity index is 2.22. The van der Waals surface area contributed by atoms with Gasteiger partial charge in [0.2, 0.25) is 0 Å². The number of nitrogens with zero attached hydrogens (tertiary/aromatic N) is 3. The lowest BCUT2D eigenvalue weighted by Gasteiger charge is -2.20. The molecule has 0 saturated heterocycles. The summed E-state index contributed by atoms with van der Waals surface area (Å²) in [6, 6.07) is 12.8. The van der Waals surface area contributed by atoms with Crippen molar-refractivity contribution in [1.29, 1.82) is 0 Å². The molecule has 0 spiro atoms. The molecule has 1 aromatic carbocycles. The Kier molecular flexibility index (Phi) is 4.12. The first-order valence-electron chi connectivity index (χ1n) is 6.40. The summed E-state index contributed by atoms with van der Waals surface area (Å²) in [6.07, 6.45) is 0. The molecule has 0 amide bonds. The van der Waals surface area contributed by atoms with E-state index in [-0.39, 0.29) is 0 Å². The molecule has 1 aromatic heterocycles. The van der Waals surface area contributed by atoms with Crippen molar-refractivity contribution in [2.24, 2.45) is 0 Å². The number of hydrogen-bond acceptors (Lipinski definition) is 4. The van der Waals surface area contributed by atoms with Crippen LogP contribution in [-0.4, -0.2) is 36.2 Å². The molecule has 2 aromatic rings. The number of nitrogens with one attached hydrogen (secondary N) is 1. The summed E-state index contributed by atoms with van der Waals surface area (Å²) in [4.78, 5) is 2.19. The third-order valence-electron chi connectivity index (χ3n) is 3.38. The van der Waals surface area contributed by atoms with Crippen molar-refractivity contribution in [3.05, 3.63) is 42.0 Å². The van der Waals surface area contributed by atoms with Gasteiger partial charge in [0.15, 0.2) is 0 Å². The highest BCUT2D eigenvalue weighted by Crippen LogP contribution is 2.22. The molecule has 1 N–H and O–H groups in total. The summed E-state index contributed by atoms with van der Waals surface area (Å²) in [5.41, 5.74) is 3.28. The van der Waals surface area contributed by atoms with Gasteiger partial charge in [-0.25, -0.2) is 0 Å². The summed E-state index contributed by atoms with van der Waals surface area (Å²) >= 11 is 0. The monoisotopic (exact) mass is 256 g/mol. The fraction of sp³-hybridized carbons (Fsp3) is 0.333. The highest BCUT2D eigenvalue weighted by Gasteiger charge is 2.08. The standard InChI is InChI=1S/C15H20N4/c1-11(19(3)4)12-5-7-13(8-6-12)14-9-10-15(16-2)18-17-14/h5-11H,1-4H3,(H,16,18)/t11-/m1/s1. The summed E-state index contributed by atoms with van der Waals surface area (Å²) < 4.78 is 0. The number of aromatic nitrogens is 2. The highest BCUT2D eigenvalue weighted by molar-refractivity contribution is 5.60. The van der Waals surface area contributed by atoms with Crippen molar-refractivity contribution in [1.82, 2.24) is 15.1 Å². The van der Waals surface area contributed by atoms with Crippen LogP contribution in [0.2, 0.25) is 0 Å². The Morgan fingerprint density at radius 2 is 1.68 bits per heavy atom. The van der Waals surface area contributed by atoms with Crippen molar-refractivity contribution in [2.45, 2.75) is 13.0 Å². The van der Waals surface area contributed by atoms with Crippen LogP contribution in [0.5, 0.6) is 0 Å². The van der Waals surface area contributed by atoms with E-state index in [1.165, 1.54) is 5.56 Å². The fourth-order valence-electron chi connectivity index (χ4n) is 1.85. The van der Waals surface area contributed by atoms with Gasteiger partial charge in [0.05, 0.1) is 5.69 Å². The maximum Gasteiger partial charge on any atom is 0.148 e. The summed E-state index contributed by atoms with van der Waals surface area (Å²) in [6.45, 7) is 2.19. The normalized spacial score (nSPS) is 12.5. The van der Waals surface area contributed by atoms with E-state index in [1.807, 2.05) is 19.2 Å². The molecule has 19 heavy (non-hydrogen) atoms. The van der Waals surface area contributed by atoms with E-state index in [0.29, 0.717) is 6.04 Å². The minimum atomic E-state index is 0.409. The van der Waals surface area contributed by atoms with Gasteiger partial charge < -0.3 is 10.2 Å². The van der Waals surface area contributed by atoms with Gasteiger partial charge in [-0.3, -0.25) is 0 Å². The van der Waals surface area contributed by atoms with Gasteiger partial charge in [-0.2, -0.15) is 0 Å². The van der Waals surface area contributed by atoms with E-state index in [1.54, 1.807) is 0 Å². The van der Waals surface area contributed by atoms with Crippen LogP contribution >= 0.6 is 0 Å². The zero-order valence-corrected chi connectivity index (χ0v) is 11.9. The summed E-state index contributed by atoms with van der Waals surface area (Å²) in [7, 11) is 6.00. The first kappa shape index (κ1) is 13.5. The SMILES string of the molecule is CNc1ccc(-c2ccc([C@@H](C)N(C)C)cc2)nn1. The number of hydrogen-bond donors (Lipinski definition) is 1. The predicted molar refractivity (Wildman–Crippen MR) is 79.1 cm³/mol. The molecular weight excluding hydrogens is 236 g/mol. The predicted octanol–water partition coefficient (Wildman–Crippen LogP) is 2.81. The van der Waals surface area contributed by atoms with E-state index in [2.05, 4.69) is 65.7 Å². The summed E-state index contributed by atoms with van der Waals surface area (Å²) in [5, 5.41) is 11.3. The topological polar surface area (TPSA) is 41.0 Å². The molecule has 0 fully saturated rings. The largest absolute Gasteiger partial charge is 0.372 e. The van der Waals surface area contributed by atoms with Crippen molar-refractivity contribution >= 4 is 5.82 Å². The minimum Gasteiger partial charge on any atom is -0.372 e. The van der Waals surface area contributed by atoms with Gasteiger partial charge in [-0.1, -0.05) is 24.3 Å². The molecule has 0 aliphatic carbocycles. The van der Waals surface area contributed by atoms with E-state index in [0.717, 1.165) is 17.1 Å². The molecule has 1 atom stereocenters. The maximum absolute atomic E-state index is 4.21. The number of benzene rings is 1. The smallest absolute Gasteiger partial charge is 0.148 e. The minimum absolute atomic E-state index is 0.409. The van der Waals surface area contributed by atoms with Gasteiger partial charge in [-0.15, -0.1) is 10.2 Å². The Labute approximate surface area is 114 Å². The Morgan fingerprint density at radius 1 is 1.00 bits per heavy atom. The van der Waals surface area contributed by atoms with Crippen LogP contribution in [-0.2, 0) is 0 Å². The average Bonchev–Trinajstić information content (AvgIpc) is 2.46. The van der Waals surface area contributed by atoms with Crippen LogP contribution in [0.1, 0.15) is 18.5 Å².